The molecule has 14 heteroatoms. The molecule has 12 nitrogen and oxygen atoms in total. The van der Waals surface area contributed by atoms with Crippen molar-refractivity contribution in [1.82, 2.24) is 0 Å². The Hall–Kier alpha value is -6.00. The van der Waals surface area contributed by atoms with Gasteiger partial charge in [-0.15, -0.1) is 20.5 Å². The van der Waals surface area contributed by atoms with Gasteiger partial charge in [0.2, 0.25) is 11.4 Å². The maximum atomic E-state index is 8.49. The largest absolute Gasteiger partial charge is 0.344 e. The molecule has 4 aliphatic rings. The summed E-state index contributed by atoms with van der Waals surface area (Å²) in [6.07, 6.45) is 23.8. The highest BCUT2D eigenvalue weighted by Gasteiger charge is 2.47. The Balaban J connectivity index is 0.000000210. The van der Waals surface area contributed by atoms with Crippen molar-refractivity contribution in [2.24, 2.45) is 0 Å². The van der Waals surface area contributed by atoms with Crippen LogP contribution in [0.25, 0.3) is 21.5 Å². The maximum Gasteiger partial charge on any atom is 0.210 e. The number of benzene rings is 6. The van der Waals surface area contributed by atoms with Crippen LogP contribution in [0.1, 0.15) is 162 Å². The smallest absolute Gasteiger partial charge is 0.210 e. The van der Waals surface area contributed by atoms with Crippen LogP contribution in [-0.4, -0.2) is 46.8 Å². The average Bonchev–Trinajstić information content (AvgIpc) is 2.68. The predicted octanol–water partition coefficient (Wildman–Crippen LogP) is 8.90. The Kier molecular flexibility index (Phi) is 21.4. The highest BCUT2D eigenvalue weighted by atomic mass is 35.7. The van der Waals surface area contributed by atoms with Gasteiger partial charge in [-0.3, -0.25) is 0 Å². The lowest BCUT2D eigenvalue weighted by atomic mass is 9.79. The van der Waals surface area contributed by atoms with Gasteiger partial charge in [-0.1, -0.05) is 178 Å². The van der Waals surface area contributed by atoms with E-state index >= 15 is 0 Å². The van der Waals surface area contributed by atoms with Gasteiger partial charge in [0.15, 0.2) is 11.4 Å². The lowest BCUT2D eigenvalue weighted by Crippen LogP contribution is -2.68. The molecule has 0 fully saturated rings. The van der Waals surface area contributed by atoms with Crippen LogP contribution in [0.15, 0.2) is 163 Å². The maximum absolute atomic E-state index is 8.49. The summed E-state index contributed by atoms with van der Waals surface area (Å²) in [5.74, 6) is 0. The first kappa shape index (κ1) is 66.5. The summed E-state index contributed by atoms with van der Waals surface area (Å²) in [7, 11) is -9.89. The van der Waals surface area contributed by atoms with Crippen LogP contribution >= 0.6 is 0 Å². The quantitative estimate of drug-likeness (QED) is 0.0844. The second-order valence-corrected chi connectivity index (χ2v) is 26.3. The van der Waals surface area contributed by atoms with Crippen LogP contribution in [0, 0.1) is 27.4 Å². The van der Waals surface area contributed by atoms with Crippen LogP contribution in [0.3, 0.4) is 0 Å². The molecule has 4 aliphatic heterocycles. The van der Waals surface area contributed by atoms with Crippen molar-refractivity contribution in [2.75, 3.05) is 36.0 Å². The van der Waals surface area contributed by atoms with E-state index in [4.69, 9.17) is 37.3 Å². The molecule has 4 heterocycles. The fourth-order valence-electron chi connectivity index (χ4n) is 13.2. The van der Waals surface area contributed by atoms with Crippen LogP contribution in [0.4, 0.5) is 22.7 Å². The zero-order valence-electron chi connectivity index (χ0n) is 52.2. The molecule has 0 N–H and O–H groups in total. The van der Waals surface area contributed by atoms with E-state index in [1.165, 1.54) is 146 Å². The third-order valence-electron chi connectivity index (χ3n) is 17.3. The van der Waals surface area contributed by atoms with Crippen molar-refractivity contribution >= 4 is 55.7 Å². The highest BCUT2D eigenvalue weighted by molar-refractivity contribution is 6.09. The topological polar surface area (TPSA) is 197 Å². The van der Waals surface area contributed by atoms with Crippen LogP contribution < -0.4 is 47.1 Å². The first-order valence-corrected chi connectivity index (χ1v) is 32.6. The molecule has 0 saturated heterocycles. The minimum Gasteiger partial charge on any atom is -0.344 e. The number of aryl methyl sites for hydroxylation is 1. The van der Waals surface area contributed by atoms with Crippen LogP contribution in [0.2, 0.25) is 0 Å². The van der Waals surface area contributed by atoms with Crippen molar-refractivity contribution in [3.05, 3.63) is 191 Å². The molecule has 0 atom stereocenters. The number of allylic oxidation sites excluding steroid dienone is 8. The first-order chi connectivity index (χ1) is 40.0. The van der Waals surface area contributed by atoms with E-state index in [2.05, 4.69) is 261 Å². The summed E-state index contributed by atoms with van der Waals surface area (Å²) in [6, 6.07) is 43.0. The summed E-state index contributed by atoms with van der Waals surface area (Å²) in [6.45, 7) is 34.7. The molecular weight excluding hydrogens is 1110 g/mol. The Morgan fingerprint density at radius 1 is 0.435 bits per heavy atom. The standard InChI is InChI=1S/C36H45N2.C35H43N2.2ClHO4/c1-8-10-23-37-30-21-19-26(3)25-29(30)35(4,5)32(37)17-14-18-33-36(6,7)34-28-16-13-12-15-27(28)20-22-31(34)38(33)24-11-9-2;1-7-9-24-36-29-19-14-13-18-28(29)34(3,4)31(36)20-15-21-32-35(5,6)33-27-17-12-11-16-26(27)22-23-30(33)37(32)25-10-8-2;2*2-1(3,4)5/h12-22,25H,8-11,23-24H2,1-7H3;11-23H,7-10,24-25H2,1-6H3;2*(H,2,3,4,5)/q2*+1;;/p-2. The molecule has 0 amide bonds. The highest BCUT2D eigenvalue weighted by Crippen LogP contribution is 2.51. The number of anilines is 2. The van der Waals surface area contributed by atoms with Gasteiger partial charge in [0.1, 0.15) is 13.1 Å². The zero-order valence-corrected chi connectivity index (χ0v) is 53.7. The summed E-state index contributed by atoms with van der Waals surface area (Å²) in [4.78, 5) is 5.13. The second kappa shape index (κ2) is 27.4. The number of para-hydroxylation sites is 1. The van der Waals surface area contributed by atoms with Gasteiger partial charge in [-0.05, 0) is 117 Å². The van der Waals surface area contributed by atoms with Gasteiger partial charge in [0, 0.05) is 94.9 Å². The van der Waals surface area contributed by atoms with Gasteiger partial charge >= 0.3 is 0 Å². The Morgan fingerprint density at radius 3 is 1.24 bits per heavy atom. The lowest BCUT2D eigenvalue weighted by molar-refractivity contribution is -2.00. The number of fused-ring (bicyclic) bond motifs is 8. The van der Waals surface area contributed by atoms with E-state index in [0.717, 1.165) is 26.2 Å². The SMILES string of the molecule is CCCCN1C(=CC=CC2=[N+](CCCC)c3ccc4ccccc4c3C2(C)C)C(C)(C)c2cc(C)ccc21.CCCCN1C(=CC=CC2=[N+](CCCC)c3ccc4ccccc4c3C2(C)C)C(C)(C)c2ccccc21.[O-][Cl+3]([O-])([O-])[O-].[O-][Cl+3]([O-])([O-])[O-]. The summed E-state index contributed by atoms with van der Waals surface area (Å²) >= 11 is 0. The molecule has 0 unspecified atom stereocenters. The Morgan fingerprint density at radius 2 is 0.812 bits per heavy atom. The normalized spacial score (nSPS) is 18.0. The molecule has 0 spiro atoms. The zero-order chi connectivity index (χ0) is 62.3. The number of rotatable bonds is 16. The number of hydrogen-bond acceptors (Lipinski definition) is 10. The molecule has 10 rings (SSSR count). The summed E-state index contributed by atoms with van der Waals surface area (Å²) < 4.78 is 73.1. The van der Waals surface area contributed by atoms with Crippen molar-refractivity contribution in [3.8, 4) is 0 Å². The Labute approximate surface area is 509 Å². The molecule has 454 valence electrons. The molecule has 0 aromatic heterocycles. The number of nitrogens with zero attached hydrogens (tertiary/aromatic N) is 4. The minimum atomic E-state index is -4.94. The minimum absolute atomic E-state index is 0.00833. The monoisotopic (exact) mass is 1190 g/mol. The van der Waals surface area contributed by atoms with Gasteiger partial charge in [0.25, 0.3) is 0 Å². The van der Waals surface area contributed by atoms with Gasteiger partial charge in [-0.25, -0.2) is 37.3 Å². The number of halogens is 2. The molecular formula is C71H88Cl2N4O8. The van der Waals surface area contributed by atoms with E-state index in [0.29, 0.717) is 0 Å². The fraction of sp³-hybridized carbons (Fsp3) is 0.408. The molecule has 85 heavy (non-hydrogen) atoms. The molecule has 0 saturated carbocycles. The van der Waals surface area contributed by atoms with Crippen molar-refractivity contribution in [3.63, 3.8) is 0 Å². The van der Waals surface area contributed by atoms with Crippen LogP contribution in [-0.2, 0) is 21.7 Å². The molecule has 6 aromatic rings. The molecule has 6 aromatic carbocycles. The number of unbranched alkanes of at least 4 members (excludes halogenated alkanes) is 4. The lowest BCUT2D eigenvalue weighted by Gasteiger charge is -2.27. The van der Waals surface area contributed by atoms with Gasteiger partial charge < -0.3 is 9.80 Å². The number of hydrogen-bond donors (Lipinski definition) is 0. The summed E-state index contributed by atoms with van der Waals surface area (Å²) in [5.41, 5.74) is 18.1. The van der Waals surface area contributed by atoms with E-state index in [1.807, 2.05) is 0 Å². The van der Waals surface area contributed by atoms with E-state index in [-0.39, 0.29) is 21.7 Å². The van der Waals surface area contributed by atoms with Crippen molar-refractivity contribution < 1.29 is 66.9 Å². The Bertz CT molecular complexity index is 3520. The van der Waals surface area contributed by atoms with Crippen LogP contribution in [0.5, 0.6) is 0 Å². The second-order valence-electron chi connectivity index (χ2n) is 24.8. The predicted molar refractivity (Wildman–Crippen MR) is 326 cm³/mol. The third kappa shape index (κ3) is 14.9. The molecule has 0 radical (unpaired) electrons. The molecule has 0 bridgehead atoms. The van der Waals surface area contributed by atoms with E-state index in [1.54, 1.807) is 0 Å². The van der Waals surface area contributed by atoms with E-state index in [9.17, 15) is 0 Å². The average molecular weight is 1200 g/mol. The van der Waals surface area contributed by atoms with Crippen molar-refractivity contribution in [2.45, 2.75) is 163 Å². The van der Waals surface area contributed by atoms with Gasteiger partial charge in [-0.2, -0.15) is 9.15 Å². The first-order valence-electron chi connectivity index (χ1n) is 30.1. The van der Waals surface area contributed by atoms with Gasteiger partial charge in [0.05, 0.1) is 10.8 Å². The summed E-state index contributed by atoms with van der Waals surface area (Å²) in [5, 5.41) is 5.42. The fourth-order valence-corrected chi connectivity index (χ4v) is 13.2. The molecule has 0 aliphatic carbocycles. The third-order valence-corrected chi connectivity index (χ3v) is 17.3. The van der Waals surface area contributed by atoms with Crippen molar-refractivity contribution in [1.29, 1.82) is 0 Å². The van der Waals surface area contributed by atoms with E-state index < -0.39 is 20.5 Å².